The van der Waals surface area contributed by atoms with Gasteiger partial charge in [-0.2, -0.15) is 0 Å². The minimum Gasteiger partial charge on any atom is -0.484 e. The maximum absolute atomic E-state index is 14.5. The molecule has 0 fully saturated rings. The van der Waals surface area contributed by atoms with Gasteiger partial charge in [-0.1, -0.05) is 18.2 Å². The first-order chi connectivity index (χ1) is 15.1. The lowest BCUT2D eigenvalue weighted by Crippen LogP contribution is -2.23. The van der Waals surface area contributed by atoms with Gasteiger partial charge < -0.3 is 20.5 Å². The second-order valence-electron chi connectivity index (χ2n) is 6.88. The van der Waals surface area contributed by atoms with Crippen molar-refractivity contribution in [3.63, 3.8) is 0 Å². The van der Waals surface area contributed by atoms with Gasteiger partial charge in [-0.15, -0.1) is 0 Å². The highest BCUT2D eigenvalue weighted by molar-refractivity contribution is 7.90. The molecule has 11 heteroatoms. The zero-order chi connectivity index (χ0) is 23.5. The van der Waals surface area contributed by atoms with Gasteiger partial charge in [0.2, 0.25) is 0 Å². The highest BCUT2D eigenvalue weighted by Crippen LogP contribution is 2.30. The van der Waals surface area contributed by atoms with E-state index in [9.17, 15) is 22.4 Å². The SMILES string of the molecule is CN(Cc1cc(-c2ccccc2F)n(S(=O)(=O)c2cccc(OCC(N)=O)c2)c1)C(=O)O. The number of carbonyl (C=O) groups excluding carboxylic acids is 1. The van der Waals surface area contributed by atoms with Crippen molar-refractivity contribution in [1.82, 2.24) is 8.87 Å². The van der Waals surface area contributed by atoms with E-state index in [2.05, 4.69) is 0 Å². The Morgan fingerprint density at radius 1 is 1.16 bits per heavy atom. The summed E-state index contributed by atoms with van der Waals surface area (Å²) in [7, 11) is -2.91. The first kappa shape index (κ1) is 22.8. The van der Waals surface area contributed by atoms with E-state index < -0.39 is 34.4 Å². The number of halogens is 1. The highest BCUT2D eigenvalue weighted by Gasteiger charge is 2.24. The molecule has 168 valence electrons. The molecule has 9 nitrogen and oxygen atoms in total. The van der Waals surface area contributed by atoms with Gasteiger partial charge in [0.15, 0.2) is 6.61 Å². The zero-order valence-electron chi connectivity index (χ0n) is 16.9. The molecule has 1 heterocycles. The van der Waals surface area contributed by atoms with Crippen LogP contribution in [0.3, 0.4) is 0 Å². The number of carbonyl (C=O) groups is 2. The fourth-order valence-corrected chi connectivity index (χ4v) is 4.41. The fourth-order valence-electron chi connectivity index (χ4n) is 2.98. The molecule has 0 aliphatic rings. The first-order valence-corrected chi connectivity index (χ1v) is 10.7. The van der Waals surface area contributed by atoms with Crippen LogP contribution in [0.15, 0.2) is 65.7 Å². The molecular formula is C21H20FN3O6S. The van der Waals surface area contributed by atoms with Crippen LogP contribution in [-0.4, -0.2) is 48.1 Å². The van der Waals surface area contributed by atoms with Crippen LogP contribution >= 0.6 is 0 Å². The molecule has 0 aliphatic carbocycles. The number of amides is 2. The summed E-state index contributed by atoms with van der Waals surface area (Å²) in [5, 5.41) is 9.13. The molecule has 0 spiro atoms. The minimum atomic E-state index is -4.24. The van der Waals surface area contributed by atoms with Crippen LogP contribution in [0.5, 0.6) is 5.75 Å². The van der Waals surface area contributed by atoms with Crippen LogP contribution in [0, 0.1) is 5.82 Å². The highest BCUT2D eigenvalue weighted by atomic mass is 32.2. The van der Waals surface area contributed by atoms with E-state index in [0.29, 0.717) is 5.56 Å². The summed E-state index contributed by atoms with van der Waals surface area (Å²) in [6.45, 7) is -0.541. The van der Waals surface area contributed by atoms with Crippen LogP contribution in [0.1, 0.15) is 5.56 Å². The lowest BCUT2D eigenvalue weighted by molar-refractivity contribution is -0.119. The molecule has 3 rings (SSSR count). The molecule has 3 aromatic rings. The maximum atomic E-state index is 14.5. The van der Waals surface area contributed by atoms with Gasteiger partial charge in [0.1, 0.15) is 11.6 Å². The van der Waals surface area contributed by atoms with Crippen LogP contribution < -0.4 is 10.5 Å². The lowest BCUT2D eigenvalue weighted by atomic mass is 10.1. The van der Waals surface area contributed by atoms with Crippen molar-refractivity contribution in [2.45, 2.75) is 11.4 Å². The third kappa shape index (κ3) is 4.89. The van der Waals surface area contributed by atoms with Crippen LogP contribution in [0.2, 0.25) is 0 Å². The molecule has 0 unspecified atom stereocenters. The van der Waals surface area contributed by atoms with E-state index >= 15 is 0 Å². The van der Waals surface area contributed by atoms with Gasteiger partial charge in [0, 0.05) is 24.9 Å². The molecule has 2 aromatic carbocycles. The molecule has 0 radical (unpaired) electrons. The molecule has 0 atom stereocenters. The fraction of sp³-hybridized carbons (Fsp3) is 0.143. The Morgan fingerprint density at radius 2 is 1.88 bits per heavy atom. The Hall–Kier alpha value is -3.86. The third-order valence-electron chi connectivity index (χ3n) is 4.48. The van der Waals surface area contributed by atoms with Crippen molar-refractivity contribution in [1.29, 1.82) is 0 Å². The summed E-state index contributed by atoms with van der Waals surface area (Å²) in [6.07, 6.45) is 0.0420. The average molecular weight is 461 g/mol. The van der Waals surface area contributed by atoms with Crippen LogP contribution in [-0.2, 0) is 21.4 Å². The number of aromatic nitrogens is 1. The van der Waals surface area contributed by atoms with E-state index in [-0.39, 0.29) is 28.4 Å². The number of hydrogen-bond donors (Lipinski definition) is 2. The maximum Gasteiger partial charge on any atom is 0.407 e. The molecule has 3 N–H and O–H groups in total. The molecule has 2 amide bonds. The number of nitrogens with zero attached hydrogens (tertiary/aromatic N) is 2. The smallest absolute Gasteiger partial charge is 0.407 e. The van der Waals surface area contributed by atoms with E-state index in [4.69, 9.17) is 15.6 Å². The Balaban J connectivity index is 2.11. The topological polar surface area (TPSA) is 132 Å². The summed E-state index contributed by atoms with van der Waals surface area (Å²) in [5.74, 6) is -1.26. The van der Waals surface area contributed by atoms with Crippen LogP contribution in [0.4, 0.5) is 9.18 Å². The number of hydrogen-bond acceptors (Lipinski definition) is 5. The number of nitrogens with two attached hydrogens (primary N) is 1. The first-order valence-electron chi connectivity index (χ1n) is 9.26. The van der Waals surface area contributed by atoms with E-state index in [1.165, 1.54) is 61.8 Å². The Kier molecular flexibility index (Phi) is 6.49. The molecule has 0 bridgehead atoms. The molecular weight excluding hydrogens is 441 g/mol. The summed E-state index contributed by atoms with van der Waals surface area (Å²) < 4.78 is 47.4. The molecule has 1 aromatic heterocycles. The van der Waals surface area contributed by atoms with Crippen molar-refractivity contribution in [3.8, 4) is 17.0 Å². The summed E-state index contributed by atoms with van der Waals surface area (Å²) in [5.41, 5.74) is 5.45. The van der Waals surface area contributed by atoms with Gasteiger partial charge >= 0.3 is 6.09 Å². The number of benzene rings is 2. The number of rotatable bonds is 8. The van der Waals surface area contributed by atoms with Crippen molar-refractivity contribution in [3.05, 3.63) is 72.2 Å². The van der Waals surface area contributed by atoms with Gasteiger partial charge in [-0.3, -0.25) is 4.79 Å². The number of carboxylic acid groups (broad SMARTS) is 1. The van der Waals surface area contributed by atoms with Gasteiger partial charge in [-0.05, 0) is 35.9 Å². The van der Waals surface area contributed by atoms with E-state index in [0.717, 1.165) is 8.87 Å². The Labute approximate surface area is 183 Å². The zero-order valence-corrected chi connectivity index (χ0v) is 17.8. The van der Waals surface area contributed by atoms with Crippen molar-refractivity contribution in [2.75, 3.05) is 13.7 Å². The minimum absolute atomic E-state index is 0.0281. The normalized spacial score (nSPS) is 11.2. The summed E-state index contributed by atoms with van der Waals surface area (Å²) in [4.78, 5) is 22.9. The van der Waals surface area contributed by atoms with Gasteiger partial charge in [-0.25, -0.2) is 21.6 Å². The predicted molar refractivity (Wildman–Crippen MR) is 113 cm³/mol. The Bertz CT molecular complexity index is 1270. The molecule has 0 aliphatic heterocycles. The standard InChI is InChI=1S/C21H20FN3O6S/c1-24(21(27)28)11-14-9-19(17-7-2-3-8-18(17)22)25(12-14)32(29,30)16-6-4-5-15(10-16)31-13-20(23)26/h2-10,12H,11,13H2,1H3,(H2,23,26)(H,27,28). The van der Waals surface area contributed by atoms with Crippen molar-refractivity contribution >= 4 is 22.0 Å². The quantitative estimate of drug-likeness (QED) is 0.530. The predicted octanol–water partition coefficient (Wildman–Crippen LogP) is 2.51. The summed E-state index contributed by atoms with van der Waals surface area (Å²) in [6, 6.07) is 12.5. The third-order valence-corrected chi connectivity index (χ3v) is 6.15. The monoisotopic (exact) mass is 461 g/mol. The molecule has 0 saturated carbocycles. The largest absolute Gasteiger partial charge is 0.484 e. The summed E-state index contributed by atoms with van der Waals surface area (Å²) >= 11 is 0. The van der Waals surface area contributed by atoms with Crippen LogP contribution in [0.25, 0.3) is 11.3 Å². The van der Waals surface area contributed by atoms with Gasteiger partial charge in [0.05, 0.1) is 17.1 Å². The van der Waals surface area contributed by atoms with Crippen molar-refractivity contribution in [2.24, 2.45) is 5.73 Å². The molecule has 0 saturated heterocycles. The van der Waals surface area contributed by atoms with E-state index in [1.807, 2.05) is 0 Å². The molecule has 32 heavy (non-hydrogen) atoms. The number of primary amides is 1. The Morgan fingerprint density at radius 3 is 2.53 bits per heavy atom. The number of ether oxygens (including phenoxy) is 1. The lowest BCUT2D eigenvalue weighted by Gasteiger charge is -2.12. The van der Waals surface area contributed by atoms with Crippen molar-refractivity contribution < 1.29 is 32.2 Å². The second-order valence-corrected chi connectivity index (χ2v) is 8.70. The average Bonchev–Trinajstić information content (AvgIpc) is 3.17. The second kappa shape index (κ2) is 9.10. The van der Waals surface area contributed by atoms with E-state index in [1.54, 1.807) is 6.07 Å². The van der Waals surface area contributed by atoms with Gasteiger partial charge in [0.25, 0.3) is 15.9 Å².